The van der Waals surface area contributed by atoms with E-state index in [1.807, 2.05) is 30.1 Å². The summed E-state index contributed by atoms with van der Waals surface area (Å²) in [6.07, 6.45) is 1.89. The monoisotopic (exact) mass is 247 g/mol. The second-order valence-electron chi connectivity index (χ2n) is 4.76. The van der Waals surface area contributed by atoms with Crippen molar-refractivity contribution in [3.63, 3.8) is 0 Å². The molecule has 4 nitrogen and oxygen atoms in total. The number of carbonyl (C=O) groups is 1. The first-order chi connectivity index (χ1) is 8.70. The van der Waals surface area contributed by atoms with Gasteiger partial charge in [-0.2, -0.15) is 0 Å². The van der Waals surface area contributed by atoms with Crippen LogP contribution in [0.15, 0.2) is 30.3 Å². The molecule has 2 N–H and O–H groups in total. The third-order valence-corrected chi connectivity index (χ3v) is 3.90. The predicted octanol–water partition coefficient (Wildman–Crippen LogP) is 1.54. The summed E-state index contributed by atoms with van der Waals surface area (Å²) in [5, 5.41) is 6.09. The third kappa shape index (κ3) is 2.20. The number of hydrogen-bond donors (Lipinski definition) is 2. The molecule has 4 heteroatoms. The van der Waals surface area contributed by atoms with Gasteiger partial charge in [0.15, 0.2) is 0 Å². The lowest BCUT2D eigenvalue weighted by Crippen LogP contribution is -2.54. The van der Waals surface area contributed by atoms with Crippen LogP contribution in [0.25, 0.3) is 0 Å². The van der Waals surface area contributed by atoms with Crippen molar-refractivity contribution >= 4 is 6.03 Å². The Bertz CT molecular complexity index is 399. The Balaban J connectivity index is 2.37. The van der Waals surface area contributed by atoms with Gasteiger partial charge in [-0.15, -0.1) is 0 Å². The summed E-state index contributed by atoms with van der Waals surface area (Å²) in [6, 6.07) is 10.3. The van der Waals surface area contributed by atoms with Crippen LogP contribution in [-0.4, -0.2) is 38.1 Å². The summed E-state index contributed by atoms with van der Waals surface area (Å²) in [5.74, 6) is 0. The summed E-state index contributed by atoms with van der Waals surface area (Å²) in [4.78, 5) is 13.8. The Morgan fingerprint density at radius 1 is 1.28 bits per heavy atom. The Kier molecular flexibility index (Phi) is 3.87. The minimum atomic E-state index is -0.188. The van der Waals surface area contributed by atoms with E-state index in [2.05, 4.69) is 22.8 Å². The fraction of sp³-hybridized carbons (Fsp3) is 0.500. The molecule has 0 unspecified atom stereocenters. The molecule has 0 aliphatic carbocycles. The first-order valence-electron chi connectivity index (χ1n) is 6.42. The molecule has 2 amide bonds. The van der Waals surface area contributed by atoms with Crippen LogP contribution in [0.5, 0.6) is 0 Å². The van der Waals surface area contributed by atoms with Crippen molar-refractivity contribution in [1.29, 1.82) is 0 Å². The quantitative estimate of drug-likeness (QED) is 0.832. The zero-order valence-corrected chi connectivity index (χ0v) is 11.1. The van der Waals surface area contributed by atoms with Gasteiger partial charge in [0.25, 0.3) is 0 Å². The summed E-state index contributed by atoms with van der Waals surface area (Å²) in [7, 11) is 3.57. The number of nitrogens with one attached hydrogen (secondary N) is 2. The lowest BCUT2D eigenvalue weighted by atomic mass is 9.80. The van der Waals surface area contributed by atoms with E-state index in [4.69, 9.17) is 0 Å². The van der Waals surface area contributed by atoms with Gasteiger partial charge in [0, 0.05) is 14.1 Å². The van der Waals surface area contributed by atoms with Gasteiger partial charge in [-0.3, -0.25) is 0 Å². The standard InChI is InChI=1S/C14H21N3O/c1-15-13(18)17(2)14(8-10-16-11-9-14)12-6-4-3-5-7-12/h3-7,16H,8-11H2,1-2H3,(H,15,18). The summed E-state index contributed by atoms with van der Waals surface area (Å²) in [6.45, 7) is 1.88. The summed E-state index contributed by atoms with van der Waals surface area (Å²) in [5.41, 5.74) is 1.03. The van der Waals surface area contributed by atoms with Gasteiger partial charge in [0.2, 0.25) is 0 Å². The molecule has 1 aromatic rings. The molecule has 0 bridgehead atoms. The van der Waals surface area contributed by atoms with Crippen LogP contribution in [-0.2, 0) is 5.54 Å². The highest BCUT2D eigenvalue weighted by molar-refractivity contribution is 5.74. The number of urea groups is 1. The average molecular weight is 247 g/mol. The zero-order chi connectivity index (χ0) is 13.0. The molecule has 0 spiro atoms. The molecule has 1 saturated heterocycles. The number of nitrogens with zero attached hydrogens (tertiary/aromatic N) is 1. The SMILES string of the molecule is CNC(=O)N(C)C1(c2ccccc2)CCNCC1. The van der Waals surface area contributed by atoms with Crippen LogP contribution in [0.4, 0.5) is 4.79 Å². The smallest absolute Gasteiger partial charge is 0.317 e. The highest BCUT2D eigenvalue weighted by atomic mass is 16.2. The fourth-order valence-corrected chi connectivity index (χ4v) is 2.77. The maximum absolute atomic E-state index is 12.0. The number of amides is 2. The van der Waals surface area contributed by atoms with E-state index in [1.54, 1.807) is 7.05 Å². The van der Waals surface area contributed by atoms with Crippen molar-refractivity contribution in [2.45, 2.75) is 18.4 Å². The van der Waals surface area contributed by atoms with E-state index in [0.717, 1.165) is 25.9 Å². The average Bonchev–Trinajstić information content (AvgIpc) is 2.47. The highest BCUT2D eigenvalue weighted by Gasteiger charge is 2.39. The van der Waals surface area contributed by atoms with E-state index in [1.165, 1.54) is 5.56 Å². The van der Waals surface area contributed by atoms with Crippen LogP contribution in [0, 0.1) is 0 Å². The van der Waals surface area contributed by atoms with Crippen molar-refractivity contribution in [2.24, 2.45) is 0 Å². The highest BCUT2D eigenvalue weighted by Crippen LogP contribution is 2.36. The maximum Gasteiger partial charge on any atom is 0.317 e. The van der Waals surface area contributed by atoms with Crippen LogP contribution >= 0.6 is 0 Å². The second-order valence-corrected chi connectivity index (χ2v) is 4.76. The third-order valence-electron chi connectivity index (χ3n) is 3.90. The molecular weight excluding hydrogens is 226 g/mol. The minimum Gasteiger partial charge on any atom is -0.341 e. The van der Waals surface area contributed by atoms with Crippen LogP contribution in [0.1, 0.15) is 18.4 Å². The predicted molar refractivity (Wildman–Crippen MR) is 72.4 cm³/mol. The molecule has 2 rings (SSSR count). The summed E-state index contributed by atoms with van der Waals surface area (Å²) < 4.78 is 0. The van der Waals surface area contributed by atoms with Crippen molar-refractivity contribution in [3.8, 4) is 0 Å². The first kappa shape index (κ1) is 12.9. The van der Waals surface area contributed by atoms with Crippen molar-refractivity contribution in [2.75, 3.05) is 27.2 Å². The van der Waals surface area contributed by atoms with Crippen molar-refractivity contribution < 1.29 is 4.79 Å². The van der Waals surface area contributed by atoms with E-state index in [9.17, 15) is 4.79 Å². The number of hydrogen-bond acceptors (Lipinski definition) is 2. The zero-order valence-electron chi connectivity index (χ0n) is 11.1. The number of benzene rings is 1. The Morgan fingerprint density at radius 2 is 1.89 bits per heavy atom. The van der Waals surface area contributed by atoms with Gasteiger partial charge in [0.1, 0.15) is 0 Å². The molecule has 0 saturated carbocycles. The Labute approximate surface area is 108 Å². The lowest BCUT2D eigenvalue weighted by Gasteiger charge is -2.45. The van der Waals surface area contributed by atoms with Gasteiger partial charge in [-0.05, 0) is 31.5 Å². The molecule has 0 aromatic heterocycles. The fourth-order valence-electron chi connectivity index (χ4n) is 2.77. The van der Waals surface area contributed by atoms with Gasteiger partial charge in [-0.25, -0.2) is 4.79 Å². The summed E-state index contributed by atoms with van der Waals surface area (Å²) >= 11 is 0. The maximum atomic E-state index is 12.0. The first-order valence-corrected chi connectivity index (χ1v) is 6.42. The second kappa shape index (κ2) is 5.40. The van der Waals surface area contributed by atoms with E-state index in [0.29, 0.717) is 0 Å². The van der Waals surface area contributed by atoms with Crippen LogP contribution in [0.3, 0.4) is 0 Å². The van der Waals surface area contributed by atoms with E-state index < -0.39 is 0 Å². The molecule has 1 aromatic carbocycles. The van der Waals surface area contributed by atoms with Gasteiger partial charge < -0.3 is 15.5 Å². The van der Waals surface area contributed by atoms with Crippen LogP contribution < -0.4 is 10.6 Å². The number of carbonyl (C=O) groups excluding carboxylic acids is 1. The Morgan fingerprint density at radius 3 is 2.44 bits per heavy atom. The number of rotatable bonds is 2. The molecule has 1 aliphatic heterocycles. The molecule has 0 atom stereocenters. The normalized spacial score (nSPS) is 18.1. The molecular formula is C14H21N3O. The largest absolute Gasteiger partial charge is 0.341 e. The van der Waals surface area contributed by atoms with Gasteiger partial charge >= 0.3 is 6.03 Å². The van der Waals surface area contributed by atoms with Crippen LogP contribution in [0.2, 0.25) is 0 Å². The molecule has 98 valence electrons. The van der Waals surface area contributed by atoms with Crippen molar-refractivity contribution in [1.82, 2.24) is 15.5 Å². The topological polar surface area (TPSA) is 44.4 Å². The molecule has 18 heavy (non-hydrogen) atoms. The van der Waals surface area contributed by atoms with E-state index >= 15 is 0 Å². The molecule has 1 fully saturated rings. The Hall–Kier alpha value is -1.55. The van der Waals surface area contributed by atoms with E-state index in [-0.39, 0.29) is 11.6 Å². The molecule has 0 radical (unpaired) electrons. The number of piperidine rings is 1. The minimum absolute atomic E-state index is 0.0271. The van der Waals surface area contributed by atoms with Gasteiger partial charge in [0.05, 0.1) is 5.54 Å². The molecule has 1 aliphatic rings. The molecule has 1 heterocycles. The lowest BCUT2D eigenvalue weighted by molar-refractivity contribution is 0.103. The van der Waals surface area contributed by atoms with Crippen molar-refractivity contribution in [3.05, 3.63) is 35.9 Å². The van der Waals surface area contributed by atoms with Gasteiger partial charge in [-0.1, -0.05) is 30.3 Å².